The molecule has 0 aromatic rings. The fraction of sp³-hybridized carbons (Fsp3) is 0.700. The molecule has 0 spiro atoms. The van der Waals surface area contributed by atoms with E-state index in [1.807, 2.05) is 26.0 Å². The number of carbonyl (C=O) groups is 1. The van der Waals surface area contributed by atoms with Crippen LogP contribution in [0.1, 0.15) is 59.8 Å². The molecule has 0 radical (unpaired) electrons. The number of hydrogen-bond acceptors (Lipinski definition) is 8. The van der Waals surface area contributed by atoms with Gasteiger partial charge in [0.15, 0.2) is 11.4 Å². The normalized spacial score (nSPS) is 52.2. The minimum absolute atomic E-state index is 0.235. The maximum absolute atomic E-state index is 13.5. The first-order valence-corrected chi connectivity index (χ1v) is 14.0. The lowest BCUT2D eigenvalue weighted by Gasteiger charge is -2.59. The van der Waals surface area contributed by atoms with Crippen molar-refractivity contribution in [1.29, 1.82) is 0 Å². The Balaban J connectivity index is 1.48. The lowest BCUT2D eigenvalue weighted by Crippen LogP contribution is -2.72. The second-order valence-electron chi connectivity index (χ2n) is 12.3. The molecule has 3 heterocycles. The summed E-state index contributed by atoms with van der Waals surface area (Å²) in [5.41, 5.74) is -4.66. The highest BCUT2D eigenvalue weighted by Crippen LogP contribution is 2.72. The quantitative estimate of drug-likeness (QED) is 0.191. The van der Waals surface area contributed by atoms with Crippen molar-refractivity contribution in [3.05, 3.63) is 48.1 Å². The van der Waals surface area contributed by atoms with Crippen LogP contribution in [0.4, 0.5) is 0 Å². The van der Waals surface area contributed by atoms with E-state index in [0.29, 0.717) is 12.0 Å². The largest absolute Gasteiger partial charge is 0.393 e. The van der Waals surface area contributed by atoms with E-state index < -0.39 is 70.9 Å². The van der Waals surface area contributed by atoms with Crippen molar-refractivity contribution in [2.45, 2.75) is 106 Å². The number of fused-ring (bicyclic) bond motifs is 3. The lowest BCUT2D eigenvalue weighted by atomic mass is 9.54. The third-order valence-electron chi connectivity index (χ3n) is 10.2. The predicted molar refractivity (Wildman–Crippen MR) is 138 cm³/mol. The number of allylic oxidation sites excluding steroid dienone is 3. The number of Topliss-reactive ketones (excluding diaryl/α,β-unsaturated/α-hetero) is 1. The Bertz CT molecular complexity index is 1140. The Kier molecular flexibility index (Phi) is 5.89. The number of rotatable bonds is 8. The van der Waals surface area contributed by atoms with Crippen LogP contribution >= 0.6 is 0 Å². The number of unbranched alkanes of at least 4 members (excludes halogenated alkanes) is 3. The van der Waals surface area contributed by atoms with Crippen LogP contribution in [0.15, 0.2) is 48.1 Å². The van der Waals surface area contributed by atoms with Gasteiger partial charge in [0.1, 0.15) is 29.5 Å². The summed E-state index contributed by atoms with van der Waals surface area (Å²) in [5.74, 6) is -3.79. The van der Waals surface area contributed by atoms with Gasteiger partial charge in [0.05, 0.1) is 12.2 Å². The maximum atomic E-state index is 13.5. The number of epoxide rings is 1. The molecule has 6 aliphatic rings. The first-order valence-electron chi connectivity index (χ1n) is 14.0. The number of aliphatic hydroxyl groups is 3. The summed E-state index contributed by atoms with van der Waals surface area (Å²) in [6.45, 7) is 11.5. The van der Waals surface area contributed by atoms with E-state index in [2.05, 4.69) is 19.6 Å². The monoisotopic (exact) mass is 528 g/mol. The Labute approximate surface area is 224 Å². The molecular formula is C30H40O8. The van der Waals surface area contributed by atoms with E-state index in [1.165, 1.54) is 6.42 Å². The van der Waals surface area contributed by atoms with Crippen molar-refractivity contribution >= 4 is 5.78 Å². The number of aliphatic hydroxyl groups excluding tert-OH is 2. The second kappa shape index (κ2) is 8.43. The van der Waals surface area contributed by atoms with E-state index in [4.69, 9.17) is 18.9 Å². The molecule has 2 saturated carbocycles. The summed E-state index contributed by atoms with van der Waals surface area (Å²) >= 11 is 0. The summed E-state index contributed by atoms with van der Waals surface area (Å²) < 4.78 is 26.3. The van der Waals surface area contributed by atoms with Crippen LogP contribution in [0, 0.1) is 17.8 Å². The van der Waals surface area contributed by atoms with Gasteiger partial charge in [-0.25, -0.2) is 0 Å². The van der Waals surface area contributed by atoms with Crippen molar-refractivity contribution in [3.63, 3.8) is 0 Å². The maximum Gasteiger partial charge on any atom is 0.306 e. The summed E-state index contributed by atoms with van der Waals surface area (Å²) in [6.07, 6.45) is 11.4. The van der Waals surface area contributed by atoms with Gasteiger partial charge in [0.25, 0.3) is 0 Å². The van der Waals surface area contributed by atoms with Crippen LogP contribution in [0.2, 0.25) is 0 Å². The van der Waals surface area contributed by atoms with E-state index in [9.17, 15) is 20.1 Å². The van der Waals surface area contributed by atoms with Gasteiger partial charge in [0.2, 0.25) is 0 Å². The number of carbonyl (C=O) groups excluding carboxylic acids is 1. The zero-order valence-electron chi connectivity index (χ0n) is 22.7. The Morgan fingerprint density at radius 2 is 1.97 bits per heavy atom. The third-order valence-corrected chi connectivity index (χ3v) is 10.2. The zero-order chi connectivity index (χ0) is 27.3. The number of hydrogen-bond donors (Lipinski definition) is 3. The smallest absolute Gasteiger partial charge is 0.306 e. The van der Waals surface area contributed by atoms with E-state index in [-0.39, 0.29) is 5.92 Å². The van der Waals surface area contributed by atoms with E-state index in [0.717, 1.165) is 24.8 Å². The van der Waals surface area contributed by atoms with Crippen LogP contribution in [-0.2, 0) is 23.7 Å². The summed E-state index contributed by atoms with van der Waals surface area (Å²) in [4.78, 5) is 13.5. The average molecular weight is 529 g/mol. The van der Waals surface area contributed by atoms with Crippen LogP contribution in [0.5, 0.6) is 0 Å². The third kappa shape index (κ3) is 3.03. The molecule has 0 amide bonds. The van der Waals surface area contributed by atoms with Crippen molar-refractivity contribution in [2.24, 2.45) is 17.8 Å². The molecule has 6 rings (SSSR count). The SMILES string of the molecule is C=C(C)[C@@]12C[C@@H](C)[C@@]34OC(/C=C\C=C/CCCCC)(O[C@@H]1[C@@H]3[C@@H]1O[C@]1(CO)[C@@H](O)[C@]1(O)C(=O)C(C)=C[C@H]14)O2. The molecule has 1 unspecified atom stereocenters. The molecule has 0 aromatic carbocycles. The molecule has 11 atom stereocenters. The molecule has 3 saturated heterocycles. The summed E-state index contributed by atoms with van der Waals surface area (Å²) in [7, 11) is 0. The van der Waals surface area contributed by atoms with Gasteiger partial charge >= 0.3 is 5.97 Å². The van der Waals surface area contributed by atoms with Gasteiger partial charge in [-0.15, -0.1) is 0 Å². The highest BCUT2D eigenvalue weighted by Gasteiger charge is 2.88. The Morgan fingerprint density at radius 3 is 2.66 bits per heavy atom. The minimum Gasteiger partial charge on any atom is -0.393 e. The van der Waals surface area contributed by atoms with Gasteiger partial charge in [-0.05, 0) is 50.2 Å². The average Bonchev–Trinajstić information content (AvgIpc) is 3.52. The van der Waals surface area contributed by atoms with E-state index in [1.54, 1.807) is 19.1 Å². The molecule has 208 valence electrons. The molecule has 3 N–H and O–H groups in total. The molecule has 38 heavy (non-hydrogen) atoms. The van der Waals surface area contributed by atoms with Gasteiger partial charge < -0.3 is 34.3 Å². The topological polar surface area (TPSA) is 118 Å². The molecule has 3 bridgehead atoms. The number of ether oxygens (including phenoxy) is 4. The fourth-order valence-corrected chi connectivity index (χ4v) is 8.28. The molecule has 5 fully saturated rings. The van der Waals surface area contributed by atoms with Crippen molar-refractivity contribution in [1.82, 2.24) is 0 Å². The first kappa shape index (κ1) is 26.6. The van der Waals surface area contributed by atoms with Gasteiger partial charge in [-0.1, -0.05) is 57.6 Å². The van der Waals surface area contributed by atoms with E-state index >= 15 is 0 Å². The summed E-state index contributed by atoms with van der Waals surface area (Å²) in [6, 6.07) is 0. The number of ketones is 1. The summed E-state index contributed by atoms with van der Waals surface area (Å²) in [5, 5.41) is 34.1. The standard InChI is InChI=1S/C30H40O8/c1-6-7-8-9-10-11-12-13-28-36-23-21-24-27(16-31,35-24)25(33)29(34)20(14-18(4)22(29)32)30(21,38-28)19(5)15-26(23,37-28)17(2)3/h10-14,19-21,23-25,31,33-34H,2,6-9,15-16H2,1,3-5H3/b11-10-,13-12-/t19-,20-,21-,23-,24+,25-,26+,27+,28?,29-,30+/m1/s1. The molecule has 3 aliphatic carbocycles. The minimum atomic E-state index is -2.21. The second-order valence-corrected chi connectivity index (χ2v) is 12.3. The zero-order valence-corrected chi connectivity index (χ0v) is 22.7. The van der Waals surface area contributed by atoms with Crippen LogP contribution < -0.4 is 0 Å². The van der Waals surface area contributed by atoms with Gasteiger partial charge in [-0.3, -0.25) is 4.79 Å². The van der Waals surface area contributed by atoms with Crippen molar-refractivity contribution in [2.75, 3.05) is 6.61 Å². The first-order chi connectivity index (χ1) is 18.0. The van der Waals surface area contributed by atoms with Crippen LogP contribution in [0.25, 0.3) is 0 Å². The Hall–Kier alpha value is -1.65. The van der Waals surface area contributed by atoms with Gasteiger partial charge in [0, 0.05) is 17.9 Å². The predicted octanol–water partition coefficient (Wildman–Crippen LogP) is 2.87. The molecule has 8 nitrogen and oxygen atoms in total. The van der Waals surface area contributed by atoms with Crippen LogP contribution in [0.3, 0.4) is 0 Å². The van der Waals surface area contributed by atoms with Crippen molar-refractivity contribution < 1.29 is 39.1 Å². The molecular weight excluding hydrogens is 488 g/mol. The molecule has 0 aromatic heterocycles. The van der Waals surface area contributed by atoms with Gasteiger partial charge in [-0.2, -0.15) is 0 Å². The molecule has 3 aliphatic heterocycles. The fourth-order valence-electron chi connectivity index (χ4n) is 8.28. The molecule has 8 heteroatoms. The highest BCUT2D eigenvalue weighted by molar-refractivity contribution is 6.05. The van der Waals surface area contributed by atoms with Crippen LogP contribution in [-0.4, -0.2) is 74.4 Å². The van der Waals surface area contributed by atoms with Crippen molar-refractivity contribution in [3.8, 4) is 0 Å². The highest BCUT2D eigenvalue weighted by atomic mass is 16.9. The lowest BCUT2D eigenvalue weighted by molar-refractivity contribution is -0.406. The Morgan fingerprint density at radius 1 is 1.21 bits per heavy atom.